The van der Waals surface area contributed by atoms with Gasteiger partial charge in [-0.1, -0.05) is 30.7 Å². The smallest absolute Gasteiger partial charge is 0.256 e. The molecule has 3 rings (SSSR count). The van der Waals surface area contributed by atoms with E-state index < -0.39 is 10.0 Å². The molecular weight excluding hydrogens is 463 g/mol. The minimum atomic E-state index is -3.62. The zero-order valence-corrected chi connectivity index (χ0v) is 17.5. The number of para-hydroxylation sites is 1. The highest BCUT2D eigenvalue weighted by atomic mass is 127. The van der Waals surface area contributed by atoms with Crippen LogP contribution in [0, 0.1) is 10.5 Å². The Morgan fingerprint density at radius 2 is 1.73 bits per heavy atom. The molecule has 0 spiro atoms. The van der Waals surface area contributed by atoms with Crippen LogP contribution in [0.15, 0.2) is 47.4 Å². The van der Waals surface area contributed by atoms with Crippen molar-refractivity contribution in [1.82, 2.24) is 4.31 Å². The summed E-state index contributed by atoms with van der Waals surface area (Å²) in [6.45, 7) is 2.99. The fourth-order valence-electron chi connectivity index (χ4n) is 3.05. The third-order valence-corrected chi connectivity index (χ3v) is 7.89. The highest BCUT2D eigenvalue weighted by molar-refractivity contribution is 14.1. The van der Waals surface area contributed by atoms with E-state index >= 15 is 0 Å². The maximum Gasteiger partial charge on any atom is 0.256 e. The van der Waals surface area contributed by atoms with Gasteiger partial charge in [0, 0.05) is 16.7 Å². The van der Waals surface area contributed by atoms with E-state index in [9.17, 15) is 13.2 Å². The third kappa shape index (κ3) is 3.94. The summed E-state index contributed by atoms with van der Waals surface area (Å²) in [6, 6.07) is 12.1. The van der Waals surface area contributed by atoms with Gasteiger partial charge in [0.2, 0.25) is 10.0 Å². The summed E-state index contributed by atoms with van der Waals surface area (Å²) in [6.07, 6.45) is 2.79. The highest BCUT2D eigenvalue weighted by Crippen LogP contribution is 2.27. The van der Waals surface area contributed by atoms with E-state index in [4.69, 9.17) is 0 Å². The zero-order chi connectivity index (χ0) is 18.7. The summed E-state index contributed by atoms with van der Waals surface area (Å²) in [5.41, 5.74) is 1.86. The molecule has 1 aliphatic heterocycles. The minimum Gasteiger partial charge on any atom is -0.321 e. The normalized spacial score (nSPS) is 15.6. The Kier molecular flexibility index (Phi) is 5.99. The zero-order valence-electron chi connectivity index (χ0n) is 14.5. The van der Waals surface area contributed by atoms with E-state index in [0.717, 1.165) is 28.4 Å². The third-order valence-electron chi connectivity index (χ3n) is 4.50. The first kappa shape index (κ1) is 19.3. The van der Waals surface area contributed by atoms with Crippen molar-refractivity contribution < 1.29 is 13.2 Å². The molecule has 5 nitrogen and oxygen atoms in total. The van der Waals surface area contributed by atoms with Crippen molar-refractivity contribution in [2.45, 2.75) is 31.1 Å². The molecule has 1 heterocycles. The topological polar surface area (TPSA) is 66.5 Å². The van der Waals surface area contributed by atoms with Crippen molar-refractivity contribution in [3.63, 3.8) is 0 Å². The van der Waals surface area contributed by atoms with E-state index in [0.29, 0.717) is 24.3 Å². The van der Waals surface area contributed by atoms with Gasteiger partial charge in [-0.25, -0.2) is 8.42 Å². The molecule has 0 unspecified atom stereocenters. The molecule has 2 aromatic rings. The van der Waals surface area contributed by atoms with Gasteiger partial charge in [0.15, 0.2) is 0 Å². The number of amides is 1. The molecular formula is C19H21IN2O3S. The summed E-state index contributed by atoms with van der Waals surface area (Å²) in [5, 5.41) is 2.79. The van der Waals surface area contributed by atoms with Crippen molar-refractivity contribution >= 4 is 44.2 Å². The number of sulfonamides is 1. The SMILES string of the molecule is Cc1cccc(C(=O)Nc2ccccc2S(=O)(=O)N2CCCCC2)c1I. The Morgan fingerprint density at radius 1 is 1.04 bits per heavy atom. The molecule has 26 heavy (non-hydrogen) atoms. The fourth-order valence-corrected chi connectivity index (χ4v) is 5.32. The average molecular weight is 484 g/mol. The number of aryl methyl sites for hydroxylation is 1. The second-order valence-corrected chi connectivity index (χ2v) is 9.34. The number of hydrogen-bond donors (Lipinski definition) is 1. The Labute approximate surface area is 168 Å². The first-order chi connectivity index (χ1) is 12.4. The van der Waals surface area contributed by atoms with Gasteiger partial charge in [-0.3, -0.25) is 4.79 Å². The first-order valence-electron chi connectivity index (χ1n) is 8.57. The molecule has 0 bridgehead atoms. The van der Waals surface area contributed by atoms with Crippen molar-refractivity contribution in [2.75, 3.05) is 18.4 Å². The van der Waals surface area contributed by atoms with E-state index in [1.165, 1.54) is 4.31 Å². The first-order valence-corrected chi connectivity index (χ1v) is 11.1. The molecule has 1 N–H and O–H groups in total. The van der Waals surface area contributed by atoms with Crippen LogP contribution in [-0.4, -0.2) is 31.7 Å². The molecule has 1 amide bonds. The number of carbonyl (C=O) groups is 1. The molecule has 7 heteroatoms. The number of piperidine rings is 1. The summed E-state index contributed by atoms with van der Waals surface area (Å²) in [5.74, 6) is -0.306. The van der Waals surface area contributed by atoms with Gasteiger partial charge in [-0.2, -0.15) is 4.31 Å². The number of hydrogen-bond acceptors (Lipinski definition) is 3. The number of rotatable bonds is 4. The monoisotopic (exact) mass is 484 g/mol. The molecule has 1 aliphatic rings. The predicted molar refractivity (Wildman–Crippen MR) is 111 cm³/mol. The number of nitrogens with zero attached hydrogens (tertiary/aromatic N) is 1. The van der Waals surface area contributed by atoms with Gasteiger partial charge >= 0.3 is 0 Å². The number of benzene rings is 2. The van der Waals surface area contributed by atoms with E-state index in [1.807, 2.05) is 19.1 Å². The number of nitrogens with one attached hydrogen (secondary N) is 1. The van der Waals surface area contributed by atoms with E-state index in [2.05, 4.69) is 27.9 Å². The molecule has 0 saturated carbocycles. The maximum atomic E-state index is 13.0. The Balaban J connectivity index is 1.92. The van der Waals surface area contributed by atoms with E-state index in [1.54, 1.807) is 30.3 Å². The summed E-state index contributed by atoms with van der Waals surface area (Å²) < 4.78 is 28.4. The number of anilines is 1. The van der Waals surface area contributed by atoms with Gasteiger partial charge in [-0.05, 0) is 66.1 Å². The van der Waals surface area contributed by atoms with Crippen molar-refractivity contribution in [1.29, 1.82) is 0 Å². The molecule has 0 radical (unpaired) electrons. The van der Waals surface area contributed by atoms with Crippen LogP contribution < -0.4 is 5.32 Å². The summed E-state index contributed by atoms with van der Waals surface area (Å²) >= 11 is 2.14. The lowest BCUT2D eigenvalue weighted by Crippen LogP contribution is -2.36. The van der Waals surface area contributed by atoms with Gasteiger partial charge in [0.1, 0.15) is 4.90 Å². The second-order valence-electron chi connectivity index (χ2n) is 6.35. The van der Waals surface area contributed by atoms with Gasteiger partial charge < -0.3 is 5.32 Å². The van der Waals surface area contributed by atoms with Crippen molar-refractivity contribution in [2.24, 2.45) is 0 Å². The Hall–Kier alpha value is -1.45. The Morgan fingerprint density at radius 3 is 2.46 bits per heavy atom. The van der Waals surface area contributed by atoms with Crippen LogP contribution in [0.5, 0.6) is 0 Å². The summed E-state index contributed by atoms with van der Waals surface area (Å²) in [4.78, 5) is 12.9. The second kappa shape index (κ2) is 8.06. The minimum absolute atomic E-state index is 0.151. The lowest BCUT2D eigenvalue weighted by Gasteiger charge is -2.26. The largest absolute Gasteiger partial charge is 0.321 e. The average Bonchev–Trinajstić information content (AvgIpc) is 2.65. The van der Waals surface area contributed by atoms with Crippen LogP contribution in [0.25, 0.3) is 0 Å². The van der Waals surface area contributed by atoms with Crippen molar-refractivity contribution in [3.05, 3.63) is 57.2 Å². The molecule has 1 saturated heterocycles. The van der Waals surface area contributed by atoms with Gasteiger partial charge in [0.25, 0.3) is 5.91 Å². The maximum absolute atomic E-state index is 13.0. The number of carbonyl (C=O) groups excluding carboxylic acids is 1. The van der Waals surface area contributed by atoms with E-state index in [-0.39, 0.29) is 10.8 Å². The standard InChI is InChI=1S/C19H21IN2O3S/c1-14-8-7-9-15(18(14)20)19(23)21-16-10-3-4-11-17(16)26(24,25)22-12-5-2-6-13-22/h3-4,7-11H,2,5-6,12-13H2,1H3,(H,21,23). The fraction of sp³-hybridized carbons (Fsp3) is 0.316. The molecule has 0 atom stereocenters. The molecule has 0 aromatic heterocycles. The lowest BCUT2D eigenvalue weighted by atomic mass is 10.1. The molecule has 1 fully saturated rings. The van der Waals surface area contributed by atoms with Gasteiger partial charge in [0.05, 0.1) is 11.3 Å². The van der Waals surface area contributed by atoms with Gasteiger partial charge in [-0.15, -0.1) is 0 Å². The van der Waals surface area contributed by atoms with Crippen LogP contribution in [0.3, 0.4) is 0 Å². The lowest BCUT2D eigenvalue weighted by molar-refractivity contribution is 0.102. The molecule has 2 aromatic carbocycles. The molecule has 0 aliphatic carbocycles. The number of halogens is 1. The molecule has 138 valence electrons. The van der Waals surface area contributed by atoms with Crippen molar-refractivity contribution in [3.8, 4) is 0 Å². The van der Waals surface area contributed by atoms with Crippen LogP contribution >= 0.6 is 22.6 Å². The predicted octanol–water partition coefficient (Wildman–Crippen LogP) is 4.03. The van der Waals surface area contributed by atoms with Crippen LogP contribution in [0.1, 0.15) is 35.2 Å². The van der Waals surface area contributed by atoms with Crippen LogP contribution in [-0.2, 0) is 10.0 Å². The van der Waals surface area contributed by atoms with Crippen LogP contribution in [0.2, 0.25) is 0 Å². The quantitative estimate of drug-likeness (QED) is 0.667. The van der Waals surface area contributed by atoms with Crippen LogP contribution in [0.4, 0.5) is 5.69 Å². The Bertz CT molecular complexity index is 922. The highest BCUT2D eigenvalue weighted by Gasteiger charge is 2.28. The summed E-state index contributed by atoms with van der Waals surface area (Å²) in [7, 11) is -3.62.